The van der Waals surface area contributed by atoms with Crippen molar-refractivity contribution in [2.45, 2.75) is 19.4 Å². The van der Waals surface area contributed by atoms with Crippen molar-refractivity contribution in [1.82, 2.24) is 5.32 Å². The fourth-order valence-electron chi connectivity index (χ4n) is 1.29. The molecule has 5 heteroatoms. The summed E-state index contributed by atoms with van der Waals surface area (Å²) in [6.45, 7) is 3.51. The second-order valence-corrected chi connectivity index (χ2v) is 6.29. The summed E-state index contributed by atoms with van der Waals surface area (Å²) in [6, 6.07) is 3.91. The van der Waals surface area contributed by atoms with Crippen LogP contribution in [0.5, 0.6) is 0 Å². The molecule has 0 bridgehead atoms. The van der Waals surface area contributed by atoms with Crippen LogP contribution in [0.1, 0.15) is 23.5 Å². The van der Waals surface area contributed by atoms with Gasteiger partial charge in [-0.25, -0.2) is 0 Å². The smallest absolute Gasteiger partial charge is 0.261 e. The molecule has 0 saturated carbocycles. The quantitative estimate of drug-likeness (QED) is 0.885. The van der Waals surface area contributed by atoms with Gasteiger partial charge in [-0.2, -0.15) is 0 Å². The molecule has 0 saturated heterocycles. The fraction of sp³-hybridized carbons (Fsp3) is 0.364. The van der Waals surface area contributed by atoms with E-state index in [-0.39, 0.29) is 12.5 Å². The molecule has 0 spiro atoms. The number of rotatable bonds is 3. The van der Waals surface area contributed by atoms with Gasteiger partial charge >= 0.3 is 0 Å². The Hall–Kier alpha value is -0.910. The zero-order chi connectivity index (χ0) is 11.8. The van der Waals surface area contributed by atoms with Gasteiger partial charge in [-0.05, 0) is 31.4 Å². The van der Waals surface area contributed by atoms with E-state index in [9.17, 15) is 4.79 Å². The third-order valence-corrected chi connectivity index (χ3v) is 4.30. The highest BCUT2D eigenvalue weighted by molar-refractivity contribution is 7.27. The summed E-state index contributed by atoms with van der Waals surface area (Å²) >= 11 is 3.11. The van der Waals surface area contributed by atoms with Crippen LogP contribution in [0.4, 0.5) is 0 Å². The SMILES string of the molecule is CC(C)(CO)NC(=O)c1cc2sccc2s1. The summed E-state index contributed by atoms with van der Waals surface area (Å²) in [4.78, 5) is 12.6. The first kappa shape index (κ1) is 11.6. The van der Waals surface area contributed by atoms with Gasteiger partial charge in [-0.1, -0.05) is 0 Å². The molecular formula is C11H13NO2S2. The van der Waals surface area contributed by atoms with Crippen molar-refractivity contribution in [1.29, 1.82) is 0 Å². The van der Waals surface area contributed by atoms with Crippen molar-refractivity contribution in [3.8, 4) is 0 Å². The molecule has 0 fully saturated rings. The zero-order valence-electron chi connectivity index (χ0n) is 9.11. The second-order valence-electron chi connectivity index (χ2n) is 4.26. The van der Waals surface area contributed by atoms with E-state index in [1.165, 1.54) is 11.3 Å². The summed E-state index contributed by atoms with van der Waals surface area (Å²) in [7, 11) is 0. The van der Waals surface area contributed by atoms with Crippen molar-refractivity contribution in [3.63, 3.8) is 0 Å². The van der Waals surface area contributed by atoms with Gasteiger partial charge in [0.1, 0.15) is 0 Å². The highest BCUT2D eigenvalue weighted by Gasteiger charge is 2.21. The monoisotopic (exact) mass is 255 g/mol. The summed E-state index contributed by atoms with van der Waals surface area (Å²) in [5.74, 6) is -0.118. The summed E-state index contributed by atoms with van der Waals surface area (Å²) in [5.41, 5.74) is -0.575. The summed E-state index contributed by atoms with van der Waals surface area (Å²) in [5, 5.41) is 13.9. The van der Waals surface area contributed by atoms with Gasteiger partial charge in [0.05, 0.1) is 17.0 Å². The maximum Gasteiger partial charge on any atom is 0.261 e. The number of carbonyl (C=O) groups excluding carboxylic acids is 1. The molecule has 2 heterocycles. The molecule has 1 amide bonds. The normalized spacial score (nSPS) is 11.9. The number of amides is 1. The molecule has 0 aliphatic rings. The van der Waals surface area contributed by atoms with Crippen LogP contribution in [-0.2, 0) is 0 Å². The molecule has 0 aromatic carbocycles. The molecule has 0 aliphatic carbocycles. The van der Waals surface area contributed by atoms with Crippen LogP contribution < -0.4 is 5.32 Å². The molecule has 0 radical (unpaired) electrons. The van der Waals surface area contributed by atoms with E-state index in [0.29, 0.717) is 4.88 Å². The van der Waals surface area contributed by atoms with Gasteiger partial charge in [0.15, 0.2) is 0 Å². The van der Waals surface area contributed by atoms with Gasteiger partial charge in [0, 0.05) is 9.40 Å². The molecule has 0 atom stereocenters. The molecular weight excluding hydrogens is 242 g/mol. The van der Waals surface area contributed by atoms with E-state index >= 15 is 0 Å². The Kier molecular flexibility index (Phi) is 3.01. The molecule has 2 aromatic rings. The van der Waals surface area contributed by atoms with Crippen LogP contribution in [0.3, 0.4) is 0 Å². The van der Waals surface area contributed by atoms with Gasteiger partial charge in [0.2, 0.25) is 0 Å². The van der Waals surface area contributed by atoms with Crippen molar-refractivity contribution >= 4 is 38.0 Å². The first-order valence-electron chi connectivity index (χ1n) is 4.92. The minimum atomic E-state index is -0.575. The molecule has 86 valence electrons. The molecule has 2 N–H and O–H groups in total. The Labute approximate surface area is 102 Å². The molecule has 2 aromatic heterocycles. The largest absolute Gasteiger partial charge is 0.394 e. The number of aliphatic hydroxyl groups excluding tert-OH is 1. The lowest BCUT2D eigenvalue weighted by molar-refractivity contribution is 0.0873. The van der Waals surface area contributed by atoms with Crippen molar-refractivity contribution in [2.24, 2.45) is 0 Å². The lowest BCUT2D eigenvalue weighted by atomic mass is 10.1. The maximum atomic E-state index is 11.9. The number of fused-ring (bicyclic) bond motifs is 1. The van der Waals surface area contributed by atoms with Crippen molar-refractivity contribution in [3.05, 3.63) is 22.4 Å². The Morgan fingerprint density at radius 1 is 1.50 bits per heavy atom. The number of hydrogen-bond donors (Lipinski definition) is 2. The number of hydrogen-bond acceptors (Lipinski definition) is 4. The van der Waals surface area contributed by atoms with Gasteiger partial charge in [0.25, 0.3) is 5.91 Å². The Balaban J connectivity index is 2.19. The van der Waals surface area contributed by atoms with Crippen LogP contribution >= 0.6 is 22.7 Å². The summed E-state index contributed by atoms with van der Waals surface area (Å²) < 4.78 is 2.27. The van der Waals surface area contributed by atoms with E-state index in [0.717, 1.165) is 9.40 Å². The molecule has 0 unspecified atom stereocenters. The number of thiophene rings is 2. The van der Waals surface area contributed by atoms with Crippen molar-refractivity contribution < 1.29 is 9.90 Å². The fourth-order valence-corrected chi connectivity index (χ4v) is 3.29. The minimum absolute atomic E-state index is 0.0710. The first-order chi connectivity index (χ1) is 7.52. The standard InChI is InChI=1S/C11H13NO2S2/c1-11(2,6-13)12-10(14)9-5-8-7(16-9)3-4-15-8/h3-5,13H,6H2,1-2H3,(H,12,14). The van der Waals surface area contributed by atoms with Crippen molar-refractivity contribution in [2.75, 3.05) is 6.61 Å². The maximum absolute atomic E-state index is 11.9. The number of carbonyl (C=O) groups is 1. The second kappa shape index (κ2) is 4.16. The summed E-state index contributed by atoms with van der Waals surface area (Å²) in [6.07, 6.45) is 0. The number of aliphatic hydroxyl groups is 1. The Morgan fingerprint density at radius 3 is 2.88 bits per heavy atom. The average Bonchev–Trinajstić information content (AvgIpc) is 2.75. The van der Waals surface area contributed by atoms with Crippen LogP contribution in [0.15, 0.2) is 17.5 Å². The van der Waals surface area contributed by atoms with E-state index in [4.69, 9.17) is 5.11 Å². The third kappa shape index (κ3) is 2.26. The van der Waals surface area contributed by atoms with Gasteiger partial charge in [-0.3, -0.25) is 4.79 Å². The van der Waals surface area contributed by atoms with Gasteiger partial charge in [-0.15, -0.1) is 22.7 Å². The van der Waals surface area contributed by atoms with Crippen LogP contribution in [0.25, 0.3) is 9.40 Å². The Bertz CT molecular complexity index is 484. The van der Waals surface area contributed by atoms with Crippen LogP contribution in [0, 0.1) is 0 Å². The Morgan fingerprint density at radius 2 is 2.25 bits per heavy atom. The number of nitrogens with one attached hydrogen (secondary N) is 1. The lowest BCUT2D eigenvalue weighted by Gasteiger charge is -2.22. The first-order valence-corrected chi connectivity index (χ1v) is 6.62. The van der Waals surface area contributed by atoms with E-state index in [1.54, 1.807) is 25.2 Å². The topological polar surface area (TPSA) is 49.3 Å². The highest BCUT2D eigenvalue weighted by atomic mass is 32.1. The minimum Gasteiger partial charge on any atom is -0.394 e. The predicted molar refractivity (Wildman–Crippen MR) is 68.3 cm³/mol. The molecule has 3 nitrogen and oxygen atoms in total. The average molecular weight is 255 g/mol. The van der Waals surface area contributed by atoms with Crippen LogP contribution in [-0.4, -0.2) is 23.2 Å². The highest BCUT2D eigenvalue weighted by Crippen LogP contribution is 2.30. The zero-order valence-corrected chi connectivity index (χ0v) is 10.7. The molecule has 16 heavy (non-hydrogen) atoms. The third-order valence-electron chi connectivity index (χ3n) is 2.21. The van der Waals surface area contributed by atoms with E-state index in [1.807, 2.05) is 17.5 Å². The molecule has 2 rings (SSSR count). The van der Waals surface area contributed by atoms with Gasteiger partial charge < -0.3 is 10.4 Å². The van der Waals surface area contributed by atoms with E-state index < -0.39 is 5.54 Å². The van der Waals surface area contributed by atoms with E-state index in [2.05, 4.69) is 5.32 Å². The predicted octanol–water partition coefficient (Wildman–Crippen LogP) is 2.46. The van der Waals surface area contributed by atoms with Crippen LogP contribution in [0.2, 0.25) is 0 Å². The lowest BCUT2D eigenvalue weighted by Crippen LogP contribution is -2.46. The molecule has 0 aliphatic heterocycles.